The first-order chi connectivity index (χ1) is 8.95. The molecule has 6 nitrogen and oxygen atoms in total. The molecule has 0 saturated heterocycles. The highest BCUT2D eigenvalue weighted by molar-refractivity contribution is 5.92. The van der Waals surface area contributed by atoms with Crippen molar-refractivity contribution in [1.82, 2.24) is 0 Å². The zero-order valence-electron chi connectivity index (χ0n) is 11.5. The van der Waals surface area contributed by atoms with Crippen molar-refractivity contribution in [3.63, 3.8) is 0 Å². The third-order valence-corrected chi connectivity index (χ3v) is 1.80. The molecule has 0 aromatic heterocycles. The number of ether oxygens (including phenoxy) is 3. The van der Waals surface area contributed by atoms with Crippen LogP contribution < -0.4 is 0 Å². The molecule has 0 spiro atoms. The van der Waals surface area contributed by atoms with Crippen molar-refractivity contribution in [1.29, 1.82) is 0 Å². The van der Waals surface area contributed by atoms with Gasteiger partial charge >= 0.3 is 17.9 Å². The van der Waals surface area contributed by atoms with E-state index in [1.165, 1.54) is 0 Å². The number of rotatable bonds is 8. The maximum atomic E-state index is 11.1. The molecule has 0 atom stereocenters. The fourth-order valence-corrected chi connectivity index (χ4v) is 0.976. The Kier molecular flexibility index (Phi) is 9.12. The molecule has 108 valence electrons. The van der Waals surface area contributed by atoms with Crippen LogP contribution in [0.3, 0.4) is 0 Å². The summed E-state index contributed by atoms with van der Waals surface area (Å²) in [6.45, 7) is 5.18. The molecular formula is C13H20O6. The van der Waals surface area contributed by atoms with Gasteiger partial charge in [0.15, 0.2) is 6.61 Å². The molecule has 0 aliphatic carbocycles. The van der Waals surface area contributed by atoms with Crippen molar-refractivity contribution < 1.29 is 28.6 Å². The minimum atomic E-state index is -0.798. The molecular weight excluding hydrogens is 252 g/mol. The average Bonchev–Trinajstić information content (AvgIpc) is 2.33. The Labute approximate surface area is 112 Å². The van der Waals surface area contributed by atoms with Gasteiger partial charge in [0.05, 0.1) is 12.7 Å². The van der Waals surface area contributed by atoms with Gasteiger partial charge in [0, 0.05) is 12.2 Å². The summed E-state index contributed by atoms with van der Waals surface area (Å²) in [4.78, 5) is 33.3. The van der Waals surface area contributed by atoms with E-state index in [4.69, 9.17) is 9.47 Å². The first-order valence-corrected chi connectivity index (χ1v) is 6.16. The highest BCUT2D eigenvalue weighted by atomic mass is 16.6. The monoisotopic (exact) mass is 272 g/mol. The summed E-state index contributed by atoms with van der Waals surface area (Å²) >= 11 is 0. The quantitative estimate of drug-likeness (QED) is 0.287. The van der Waals surface area contributed by atoms with Crippen LogP contribution in [0.2, 0.25) is 0 Å². The summed E-state index contributed by atoms with van der Waals surface area (Å²) in [6.07, 6.45) is 3.29. The first-order valence-electron chi connectivity index (χ1n) is 6.16. The van der Waals surface area contributed by atoms with E-state index in [0.29, 0.717) is 6.61 Å². The van der Waals surface area contributed by atoms with E-state index in [9.17, 15) is 14.4 Å². The maximum absolute atomic E-state index is 11.1. The summed E-state index contributed by atoms with van der Waals surface area (Å²) in [6, 6.07) is 0. The first kappa shape index (κ1) is 17.2. The lowest BCUT2D eigenvalue weighted by Gasteiger charge is -2.07. The van der Waals surface area contributed by atoms with E-state index in [1.54, 1.807) is 13.8 Å². The van der Waals surface area contributed by atoms with Gasteiger partial charge in [0.1, 0.15) is 0 Å². The van der Waals surface area contributed by atoms with Gasteiger partial charge in [0.25, 0.3) is 0 Å². The minimum Gasteiger partial charge on any atom is -0.463 e. The third kappa shape index (κ3) is 11.0. The summed E-state index contributed by atoms with van der Waals surface area (Å²) < 4.78 is 14.1. The van der Waals surface area contributed by atoms with Gasteiger partial charge in [0.2, 0.25) is 0 Å². The van der Waals surface area contributed by atoms with Gasteiger partial charge in [-0.15, -0.1) is 0 Å². The predicted octanol–water partition coefficient (Wildman–Crippen LogP) is 1.38. The third-order valence-electron chi connectivity index (χ3n) is 1.80. The fraction of sp³-hybridized carbons (Fsp3) is 0.615. The zero-order chi connectivity index (χ0) is 14.7. The Morgan fingerprint density at radius 3 is 2.16 bits per heavy atom. The van der Waals surface area contributed by atoms with E-state index < -0.39 is 24.5 Å². The Morgan fingerprint density at radius 1 is 1.05 bits per heavy atom. The average molecular weight is 272 g/mol. The number of carbonyl (C=O) groups is 3. The molecule has 0 fully saturated rings. The highest BCUT2D eigenvalue weighted by Crippen LogP contribution is 1.93. The smallest absolute Gasteiger partial charge is 0.344 e. The number of carbonyl (C=O) groups excluding carboxylic acids is 3. The number of unbranched alkanes of at least 4 members (excludes halogenated alkanes) is 1. The van der Waals surface area contributed by atoms with Crippen LogP contribution in [0.4, 0.5) is 0 Å². The van der Waals surface area contributed by atoms with Gasteiger partial charge < -0.3 is 14.2 Å². The van der Waals surface area contributed by atoms with Crippen LogP contribution in [0, 0.1) is 0 Å². The number of hydrogen-bond acceptors (Lipinski definition) is 6. The number of esters is 3. The van der Waals surface area contributed by atoms with Crippen LogP contribution >= 0.6 is 0 Å². The summed E-state index contributed by atoms with van der Waals surface area (Å²) in [5.41, 5.74) is 0. The normalized spacial score (nSPS) is 10.5. The lowest BCUT2D eigenvalue weighted by molar-refractivity contribution is -0.158. The van der Waals surface area contributed by atoms with E-state index in [0.717, 1.165) is 25.0 Å². The summed E-state index contributed by atoms with van der Waals surface area (Å²) in [5.74, 6) is -2.05. The van der Waals surface area contributed by atoms with Gasteiger partial charge in [-0.1, -0.05) is 13.3 Å². The topological polar surface area (TPSA) is 78.9 Å². The molecule has 6 heteroatoms. The molecule has 0 aromatic rings. The van der Waals surface area contributed by atoms with Crippen molar-refractivity contribution >= 4 is 17.9 Å². The lowest BCUT2D eigenvalue weighted by atomic mass is 10.4. The molecule has 0 amide bonds. The molecule has 19 heavy (non-hydrogen) atoms. The van der Waals surface area contributed by atoms with Gasteiger partial charge in [-0.2, -0.15) is 0 Å². The molecule has 0 saturated carbocycles. The second-order valence-electron chi connectivity index (χ2n) is 4.00. The second kappa shape index (κ2) is 10.1. The van der Waals surface area contributed by atoms with E-state index in [2.05, 4.69) is 4.74 Å². The number of hydrogen-bond donors (Lipinski definition) is 0. The van der Waals surface area contributed by atoms with E-state index in [-0.39, 0.29) is 6.10 Å². The minimum absolute atomic E-state index is 0.268. The summed E-state index contributed by atoms with van der Waals surface area (Å²) in [5, 5.41) is 0. The van der Waals surface area contributed by atoms with Crippen LogP contribution in [-0.4, -0.2) is 37.2 Å². The molecule has 0 heterocycles. The molecule has 0 unspecified atom stereocenters. The van der Waals surface area contributed by atoms with Gasteiger partial charge in [-0.3, -0.25) is 0 Å². The molecule has 0 rings (SSSR count). The van der Waals surface area contributed by atoms with Crippen molar-refractivity contribution in [3.8, 4) is 0 Å². The Hall–Kier alpha value is -1.85. The fourth-order valence-electron chi connectivity index (χ4n) is 0.976. The van der Waals surface area contributed by atoms with Crippen molar-refractivity contribution in [3.05, 3.63) is 12.2 Å². The SMILES string of the molecule is CCCCOC(=O)/C=C\C(=O)OCC(=O)OC(C)C. The molecule has 0 N–H and O–H groups in total. The standard InChI is InChI=1S/C13H20O6/c1-4-5-8-17-11(14)6-7-12(15)18-9-13(16)19-10(2)3/h6-7,10H,4-5,8-9H2,1-3H3/b7-6-. The Bertz CT molecular complexity index is 332. The van der Waals surface area contributed by atoms with Crippen LogP contribution in [0.25, 0.3) is 0 Å². The van der Waals surface area contributed by atoms with E-state index >= 15 is 0 Å². The lowest BCUT2D eigenvalue weighted by Crippen LogP contribution is -2.18. The molecule has 0 aliphatic rings. The van der Waals surface area contributed by atoms with Crippen LogP contribution in [0.5, 0.6) is 0 Å². The van der Waals surface area contributed by atoms with Crippen molar-refractivity contribution in [2.75, 3.05) is 13.2 Å². The van der Waals surface area contributed by atoms with Gasteiger partial charge in [-0.05, 0) is 20.3 Å². The summed E-state index contributed by atoms with van der Waals surface area (Å²) in [7, 11) is 0. The zero-order valence-corrected chi connectivity index (χ0v) is 11.5. The van der Waals surface area contributed by atoms with Crippen LogP contribution in [-0.2, 0) is 28.6 Å². The largest absolute Gasteiger partial charge is 0.463 e. The molecule has 0 bridgehead atoms. The predicted molar refractivity (Wildman–Crippen MR) is 67.2 cm³/mol. The molecule has 0 radical (unpaired) electrons. The van der Waals surface area contributed by atoms with Crippen LogP contribution in [0.15, 0.2) is 12.2 Å². The van der Waals surface area contributed by atoms with Gasteiger partial charge in [-0.25, -0.2) is 14.4 Å². The Balaban J connectivity index is 3.84. The molecule has 0 aliphatic heterocycles. The maximum Gasteiger partial charge on any atom is 0.344 e. The van der Waals surface area contributed by atoms with Crippen molar-refractivity contribution in [2.45, 2.75) is 39.7 Å². The Morgan fingerprint density at radius 2 is 1.63 bits per heavy atom. The van der Waals surface area contributed by atoms with Crippen LogP contribution in [0.1, 0.15) is 33.6 Å². The second-order valence-corrected chi connectivity index (χ2v) is 4.00. The molecule has 0 aromatic carbocycles. The highest BCUT2D eigenvalue weighted by Gasteiger charge is 2.08. The van der Waals surface area contributed by atoms with E-state index in [1.807, 2.05) is 6.92 Å². The van der Waals surface area contributed by atoms with Crippen molar-refractivity contribution in [2.24, 2.45) is 0 Å².